The van der Waals surface area contributed by atoms with Gasteiger partial charge in [0.15, 0.2) is 11.7 Å². The lowest BCUT2D eigenvalue weighted by Crippen LogP contribution is -2.49. The fraction of sp³-hybridized carbons (Fsp3) is 0.421. The number of carbonyl (C=O) groups excluding carboxylic acids is 1. The smallest absolute Gasteiger partial charge is 0.305 e. The Morgan fingerprint density at radius 1 is 1.27 bits per heavy atom. The minimum atomic E-state index is -0.948. The van der Waals surface area contributed by atoms with Gasteiger partial charge in [-0.1, -0.05) is 26.0 Å². The van der Waals surface area contributed by atoms with Gasteiger partial charge in [0.25, 0.3) is 0 Å². The van der Waals surface area contributed by atoms with E-state index in [1.165, 1.54) is 12.3 Å². The van der Waals surface area contributed by atoms with Crippen LogP contribution in [0.15, 0.2) is 34.9 Å². The third-order valence-electron chi connectivity index (χ3n) is 4.51. The summed E-state index contributed by atoms with van der Waals surface area (Å²) in [7, 11) is 0. The number of halogens is 1. The molecule has 0 bridgehead atoms. The van der Waals surface area contributed by atoms with Gasteiger partial charge < -0.3 is 14.8 Å². The minimum absolute atomic E-state index is 0.110. The molecule has 0 atom stereocenters. The molecule has 0 saturated carbocycles. The van der Waals surface area contributed by atoms with Crippen molar-refractivity contribution in [2.45, 2.75) is 51.5 Å². The van der Waals surface area contributed by atoms with Crippen LogP contribution in [-0.2, 0) is 16.0 Å². The summed E-state index contributed by atoms with van der Waals surface area (Å²) in [5, 5.41) is 11.9. The third kappa shape index (κ3) is 4.91. The van der Waals surface area contributed by atoms with Crippen LogP contribution in [0, 0.1) is 5.82 Å². The summed E-state index contributed by atoms with van der Waals surface area (Å²) in [6.45, 7) is 3.70. The molecule has 2 rings (SSSR count). The van der Waals surface area contributed by atoms with E-state index in [4.69, 9.17) is 9.52 Å². The Labute approximate surface area is 151 Å². The molecule has 1 aromatic heterocycles. The molecule has 0 aliphatic carbocycles. The highest BCUT2D eigenvalue weighted by Crippen LogP contribution is 2.24. The van der Waals surface area contributed by atoms with Gasteiger partial charge in [-0.05, 0) is 25.0 Å². The zero-order chi connectivity index (χ0) is 19.2. The summed E-state index contributed by atoms with van der Waals surface area (Å²) in [5.74, 6) is -0.981. The molecular formula is C19H23FN2O4. The topological polar surface area (TPSA) is 92.4 Å². The maximum atomic E-state index is 13.8. The molecule has 0 spiro atoms. The van der Waals surface area contributed by atoms with E-state index < -0.39 is 17.3 Å². The van der Waals surface area contributed by atoms with E-state index in [1.54, 1.807) is 18.2 Å². The number of hydrogen-bond donors (Lipinski definition) is 2. The number of nitrogens with one attached hydrogen (secondary N) is 1. The summed E-state index contributed by atoms with van der Waals surface area (Å²) in [5.41, 5.74) is -0.439. The van der Waals surface area contributed by atoms with Gasteiger partial charge in [0.1, 0.15) is 5.82 Å². The van der Waals surface area contributed by atoms with Gasteiger partial charge in [-0.15, -0.1) is 0 Å². The molecule has 6 nitrogen and oxygen atoms in total. The van der Waals surface area contributed by atoms with Gasteiger partial charge in [-0.3, -0.25) is 9.59 Å². The van der Waals surface area contributed by atoms with Crippen LogP contribution in [0.4, 0.5) is 4.39 Å². The van der Waals surface area contributed by atoms with Crippen LogP contribution in [0.1, 0.15) is 45.4 Å². The Morgan fingerprint density at radius 3 is 2.58 bits per heavy atom. The van der Waals surface area contributed by atoms with Crippen molar-refractivity contribution in [1.29, 1.82) is 0 Å². The number of amides is 1. The maximum absolute atomic E-state index is 13.8. The highest BCUT2D eigenvalue weighted by molar-refractivity contribution is 5.78. The molecule has 0 saturated heterocycles. The number of aryl methyl sites for hydroxylation is 1. The van der Waals surface area contributed by atoms with E-state index in [0.29, 0.717) is 30.1 Å². The lowest BCUT2D eigenvalue weighted by atomic mass is 9.88. The number of carboxylic acids is 1. The van der Waals surface area contributed by atoms with Crippen molar-refractivity contribution in [2.24, 2.45) is 0 Å². The zero-order valence-electron chi connectivity index (χ0n) is 14.9. The number of nitrogens with zero attached hydrogens (tertiary/aromatic N) is 1. The molecule has 0 radical (unpaired) electrons. The van der Waals surface area contributed by atoms with Crippen molar-refractivity contribution in [1.82, 2.24) is 10.3 Å². The molecule has 7 heteroatoms. The van der Waals surface area contributed by atoms with E-state index in [-0.39, 0.29) is 25.2 Å². The van der Waals surface area contributed by atoms with Crippen LogP contribution in [0.25, 0.3) is 11.3 Å². The second-order valence-electron chi connectivity index (χ2n) is 6.20. The van der Waals surface area contributed by atoms with E-state index in [9.17, 15) is 14.0 Å². The van der Waals surface area contributed by atoms with Gasteiger partial charge in [-0.25, -0.2) is 9.37 Å². The Balaban J connectivity index is 1.97. The summed E-state index contributed by atoms with van der Waals surface area (Å²) in [6, 6.07) is 6.22. The van der Waals surface area contributed by atoms with E-state index in [2.05, 4.69) is 10.3 Å². The van der Waals surface area contributed by atoms with Crippen molar-refractivity contribution in [3.8, 4) is 11.3 Å². The molecule has 2 aromatic rings. The summed E-state index contributed by atoms with van der Waals surface area (Å²) < 4.78 is 19.3. The van der Waals surface area contributed by atoms with Gasteiger partial charge in [0.05, 0.1) is 18.2 Å². The van der Waals surface area contributed by atoms with Gasteiger partial charge >= 0.3 is 5.97 Å². The summed E-state index contributed by atoms with van der Waals surface area (Å²) >= 11 is 0. The first kappa shape index (κ1) is 19.6. The molecule has 140 valence electrons. The summed E-state index contributed by atoms with van der Waals surface area (Å²) in [6.07, 6.45) is 2.71. The van der Waals surface area contributed by atoms with Gasteiger partial charge in [0.2, 0.25) is 5.91 Å². The van der Waals surface area contributed by atoms with Crippen LogP contribution < -0.4 is 5.32 Å². The number of carbonyl (C=O) groups is 2. The first-order valence-electron chi connectivity index (χ1n) is 8.61. The fourth-order valence-corrected chi connectivity index (χ4v) is 2.80. The third-order valence-corrected chi connectivity index (χ3v) is 4.51. The first-order valence-corrected chi connectivity index (χ1v) is 8.61. The average Bonchev–Trinajstić information content (AvgIpc) is 3.08. The Bertz CT molecular complexity index is 768. The predicted molar refractivity (Wildman–Crippen MR) is 93.9 cm³/mol. The lowest BCUT2D eigenvalue weighted by molar-refractivity contribution is -0.139. The Morgan fingerprint density at radius 2 is 1.96 bits per heavy atom. The molecule has 0 unspecified atom stereocenters. The van der Waals surface area contributed by atoms with Gasteiger partial charge in [-0.2, -0.15) is 0 Å². The molecule has 26 heavy (non-hydrogen) atoms. The van der Waals surface area contributed by atoms with E-state index in [1.807, 2.05) is 13.8 Å². The van der Waals surface area contributed by atoms with Crippen LogP contribution in [-0.4, -0.2) is 27.5 Å². The maximum Gasteiger partial charge on any atom is 0.305 e. The summed E-state index contributed by atoms with van der Waals surface area (Å²) in [4.78, 5) is 27.4. The quantitative estimate of drug-likeness (QED) is 0.711. The minimum Gasteiger partial charge on any atom is -0.481 e. The Kier molecular flexibility index (Phi) is 6.49. The van der Waals surface area contributed by atoms with E-state index >= 15 is 0 Å². The molecule has 1 aromatic carbocycles. The van der Waals surface area contributed by atoms with E-state index in [0.717, 1.165) is 0 Å². The molecule has 1 amide bonds. The lowest BCUT2D eigenvalue weighted by Gasteiger charge is -2.31. The monoisotopic (exact) mass is 362 g/mol. The molecular weight excluding hydrogens is 339 g/mol. The number of aromatic nitrogens is 1. The number of oxazole rings is 1. The van der Waals surface area contributed by atoms with Crippen molar-refractivity contribution >= 4 is 11.9 Å². The fourth-order valence-electron chi connectivity index (χ4n) is 2.80. The highest BCUT2D eigenvalue weighted by Gasteiger charge is 2.30. The number of hydrogen-bond acceptors (Lipinski definition) is 4. The van der Waals surface area contributed by atoms with Crippen molar-refractivity contribution in [3.05, 3.63) is 42.2 Å². The molecule has 1 heterocycles. The SMILES string of the molecule is CCC(CC)(CC(=O)O)NC(=O)CCc1ncc(-c2ccccc2F)o1. The standard InChI is InChI=1S/C19H23FN2O4/c1-3-19(4-2,11-18(24)25)22-16(23)9-10-17-21-12-15(26-17)13-7-5-6-8-14(13)20/h5-8,12H,3-4,9-11H2,1-2H3,(H,22,23)(H,24,25). The number of rotatable bonds is 9. The molecule has 0 aliphatic heterocycles. The van der Waals surface area contributed by atoms with Crippen LogP contribution in [0.2, 0.25) is 0 Å². The predicted octanol–water partition coefficient (Wildman–Crippen LogP) is 3.56. The largest absolute Gasteiger partial charge is 0.481 e. The van der Waals surface area contributed by atoms with Crippen LogP contribution in [0.5, 0.6) is 0 Å². The molecule has 0 fully saturated rings. The Hall–Kier alpha value is -2.70. The van der Waals surface area contributed by atoms with Crippen molar-refractivity contribution in [3.63, 3.8) is 0 Å². The number of benzene rings is 1. The average molecular weight is 362 g/mol. The van der Waals surface area contributed by atoms with Crippen molar-refractivity contribution < 1.29 is 23.5 Å². The number of carboxylic acid groups (broad SMARTS) is 1. The molecule has 2 N–H and O–H groups in total. The van der Waals surface area contributed by atoms with Crippen molar-refractivity contribution in [2.75, 3.05) is 0 Å². The zero-order valence-corrected chi connectivity index (χ0v) is 14.9. The second-order valence-corrected chi connectivity index (χ2v) is 6.20. The molecule has 0 aliphatic rings. The number of aliphatic carboxylic acids is 1. The van der Waals surface area contributed by atoms with Gasteiger partial charge in [0, 0.05) is 18.4 Å². The first-order chi connectivity index (χ1) is 12.4. The normalized spacial score (nSPS) is 11.3. The second kappa shape index (κ2) is 8.60. The van der Waals surface area contributed by atoms with Crippen LogP contribution >= 0.6 is 0 Å². The highest BCUT2D eigenvalue weighted by atomic mass is 19.1. The van der Waals surface area contributed by atoms with Crippen LogP contribution in [0.3, 0.4) is 0 Å².